The van der Waals surface area contributed by atoms with Crippen molar-refractivity contribution in [3.63, 3.8) is 0 Å². The molecule has 146 valence electrons. The third-order valence-corrected chi connectivity index (χ3v) is 6.01. The van der Waals surface area contributed by atoms with Crippen molar-refractivity contribution in [2.24, 2.45) is 0 Å². The van der Waals surface area contributed by atoms with Gasteiger partial charge < -0.3 is 4.74 Å². The van der Waals surface area contributed by atoms with Crippen LogP contribution in [0.1, 0.15) is 16.7 Å². The highest BCUT2D eigenvalue weighted by molar-refractivity contribution is 7.89. The van der Waals surface area contributed by atoms with Crippen molar-refractivity contribution in [3.8, 4) is 0 Å². The van der Waals surface area contributed by atoms with Crippen molar-refractivity contribution in [1.29, 1.82) is 0 Å². The van der Waals surface area contributed by atoms with E-state index in [1.165, 1.54) is 12.3 Å². The molecular weight excluding hydrogens is 419 g/mol. The minimum Gasteiger partial charge on any atom is -0.372 e. The monoisotopic (exact) mass is 436 g/mol. The number of nitrogens with one attached hydrogen (secondary N) is 1. The molecule has 2 aromatic carbocycles. The van der Waals surface area contributed by atoms with Gasteiger partial charge in [-0.1, -0.05) is 77.8 Å². The van der Waals surface area contributed by atoms with Crippen molar-refractivity contribution in [1.82, 2.24) is 9.71 Å². The van der Waals surface area contributed by atoms with E-state index in [2.05, 4.69) is 9.71 Å². The number of benzene rings is 2. The minimum absolute atomic E-state index is 0.0344. The Kier molecular flexibility index (Phi) is 7.04. The van der Waals surface area contributed by atoms with E-state index < -0.39 is 10.0 Å². The summed E-state index contributed by atoms with van der Waals surface area (Å²) in [5.41, 5.74) is 2.95. The molecule has 0 fully saturated rings. The number of hydrogen-bond donors (Lipinski definition) is 1. The van der Waals surface area contributed by atoms with Crippen molar-refractivity contribution in [2.45, 2.75) is 24.7 Å². The van der Waals surface area contributed by atoms with E-state index in [0.29, 0.717) is 13.2 Å². The highest BCUT2D eigenvalue weighted by Crippen LogP contribution is 2.22. The third kappa shape index (κ3) is 5.77. The second kappa shape index (κ2) is 9.49. The molecule has 8 heteroatoms. The standard InChI is InChI=1S/C20H18Cl2N2O3S/c21-19-10-18(12-23-20(19)22)28(25,26)24-11-15-6-8-17(9-7-15)14-27-13-16-4-2-1-3-5-16/h1-10,12,24H,11,13-14H2. The number of pyridine rings is 1. The van der Waals surface area contributed by atoms with Crippen LogP contribution < -0.4 is 4.72 Å². The minimum atomic E-state index is -3.73. The second-order valence-electron chi connectivity index (χ2n) is 6.06. The van der Waals surface area contributed by atoms with Gasteiger partial charge in [0.1, 0.15) is 10.0 Å². The first kappa shape index (κ1) is 20.8. The largest absolute Gasteiger partial charge is 0.372 e. The van der Waals surface area contributed by atoms with Crippen molar-refractivity contribution >= 4 is 33.2 Å². The summed E-state index contributed by atoms with van der Waals surface area (Å²) in [6.45, 7) is 1.17. The summed E-state index contributed by atoms with van der Waals surface area (Å²) in [5.74, 6) is 0. The first-order chi connectivity index (χ1) is 13.4. The van der Waals surface area contributed by atoms with Gasteiger partial charge in [-0.25, -0.2) is 18.1 Å². The first-order valence-corrected chi connectivity index (χ1v) is 10.7. The Labute approximate surface area is 174 Å². The van der Waals surface area contributed by atoms with Gasteiger partial charge in [-0.05, 0) is 22.8 Å². The van der Waals surface area contributed by atoms with E-state index >= 15 is 0 Å². The molecule has 0 aliphatic heterocycles. The summed E-state index contributed by atoms with van der Waals surface area (Å²) in [4.78, 5) is 3.73. The Morgan fingerprint density at radius 2 is 1.50 bits per heavy atom. The smallest absolute Gasteiger partial charge is 0.242 e. The van der Waals surface area contributed by atoms with Crippen LogP contribution in [0, 0.1) is 0 Å². The number of hydrogen-bond acceptors (Lipinski definition) is 4. The molecule has 0 radical (unpaired) electrons. The molecule has 5 nitrogen and oxygen atoms in total. The summed E-state index contributed by atoms with van der Waals surface area (Å²) < 4.78 is 32.9. The van der Waals surface area contributed by atoms with E-state index in [-0.39, 0.29) is 21.6 Å². The molecular formula is C20H18Cl2N2O3S. The lowest BCUT2D eigenvalue weighted by Crippen LogP contribution is -2.23. The zero-order chi connectivity index (χ0) is 20.0. The van der Waals surface area contributed by atoms with Gasteiger partial charge >= 0.3 is 0 Å². The molecule has 0 bridgehead atoms. The third-order valence-electron chi connectivity index (χ3n) is 3.95. The molecule has 0 aliphatic carbocycles. The second-order valence-corrected chi connectivity index (χ2v) is 8.60. The fraction of sp³-hybridized carbons (Fsp3) is 0.150. The summed E-state index contributed by atoms with van der Waals surface area (Å²) in [5, 5.41) is 0.148. The fourth-order valence-electron chi connectivity index (χ4n) is 2.43. The van der Waals surface area contributed by atoms with E-state index in [1.807, 2.05) is 54.6 Å². The topological polar surface area (TPSA) is 68.3 Å². The van der Waals surface area contributed by atoms with Crippen molar-refractivity contribution in [2.75, 3.05) is 0 Å². The Bertz CT molecular complexity index is 1030. The van der Waals surface area contributed by atoms with Crippen LogP contribution in [0.4, 0.5) is 0 Å². The number of sulfonamides is 1. The molecule has 28 heavy (non-hydrogen) atoms. The van der Waals surface area contributed by atoms with Gasteiger partial charge in [-0.3, -0.25) is 0 Å². The summed E-state index contributed by atoms with van der Waals surface area (Å²) in [6.07, 6.45) is 1.17. The molecule has 0 aliphatic rings. The number of rotatable bonds is 8. The maximum Gasteiger partial charge on any atom is 0.242 e. The molecule has 1 N–H and O–H groups in total. The van der Waals surface area contributed by atoms with Gasteiger partial charge in [-0.15, -0.1) is 0 Å². The van der Waals surface area contributed by atoms with Gasteiger partial charge in [0.25, 0.3) is 0 Å². The molecule has 3 aromatic rings. The molecule has 3 rings (SSSR count). The predicted octanol–water partition coefficient (Wildman–Crippen LogP) is 4.58. The molecule has 0 unspecified atom stereocenters. The highest BCUT2D eigenvalue weighted by atomic mass is 35.5. The number of ether oxygens (including phenoxy) is 1. The van der Waals surface area contributed by atoms with Gasteiger partial charge in [0, 0.05) is 12.7 Å². The van der Waals surface area contributed by atoms with Crippen molar-refractivity contribution < 1.29 is 13.2 Å². The molecule has 1 heterocycles. The zero-order valence-electron chi connectivity index (χ0n) is 14.8. The Balaban J connectivity index is 1.53. The lowest BCUT2D eigenvalue weighted by Gasteiger charge is -2.09. The van der Waals surface area contributed by atoms with Crippen LogP contribution in [0.25, 0.3) is 0 Å². The van der Waals surface area contributed by atoms with Crippen LogP contribution in [0.3, 0.4) is 0 Å². The van der Waals surface area contributed by atoms with Gasteiger partial charge in [-0.2, -0.15) is 0 Å². The Hall–Kier alpha value is -1.96. The molecule has 0 spiro atoms. The first-order valence-electron chi connectivity index (χ1n) is 8.44. The highest BCUT2D eigenvalue weighted by Gasteiger charge is 2.16. The van der Waals surface area contributed by atoms with Gasteiger partial charge in [0.15, 0.2) is 0 Å². The van der Waals surface area contributed by atoms with Crippen LogP contribution in [-0.4, -0.2) is 13.4 Å². The van der Waals surface area contributed by atoms with Crippen LogP contribution in [0.15, 0.2) is 71.8 Å². The normalized spacial score (nSPS) is 11.5. The number of aromatic nitrogens is 1. The number of halogens is 2. The average Bonchev–Trinajstić information content (AvgIpc) is 2.70. The van der Waals surface area contributed by atoms with Gasteiger partial charge in [0.05, 0.1) is 18.2 Å². The van der Waals surface area contributed by atoms with E-state index in [0.717, 1.165) is 16.7 Å². The molecule has 0 saturated carbocycles. The summed E-state index contributed by atoms with van der Waals surface area (Å²) in [7, 11) is -3.73. The fourth-order valence-corrected chi connectivity index (χ4v) is 3.75. The SMILES string of the molecule is O=S(=O)(NCc1ccc(COCc2ccccc2)cc1)c1cnc(Cl)c(Cl)c1. The zero-order valence-corrected chi connectivity index (χ0v) is 17.1. The maximum absolute atomic E-state index is 12.3. The van der Waals surface area contributed by atoms with Crippen LogP contribution in [0.5, 0.6) is 0 Å². The van der Waals surface area contributed by atoms with E-state index in [9.17, 15) is 8.42 Å². The van der Waals surface area contributed by atoms with Gasteiger partial charge in [0.2, 0.25) is 10.0 Å². The Morgan fingerprint density at radius 1 is 0.893 bits per heavy atom. The van der Waals surface area contributed by atoms with Crippen molar-refractivity contribution in [3.05, 3.63) is 93.7 Å². The van der Waals surface area contributed by atoms with Crippen LogP contribution in [-0.2, 0) is 34.5 Å². The molecule has 1 aromatic heterocycles. The molecule has 0 amide bonds. The summed E-state index contributed by atoms with van der Waals surface area (Å²) >= 11 is 11.6. The molecule has 0 atom stereocenters. The van der Waals surface area contributed by atoms with E-state index in [1.54, 1.807) is 0 Å². The van der Waals surface area contributed by atoms with Crippen LogP contribution in [0.2, 0.25) is 10.2 Å². The Morgan fingerprint density at radius 3 is 2.14 bits per heavy atom. The quantitative estimate of drug-likeness (QED) is 0.524. The lowest BCUT2D eigenvalue weighted by atomic mass is 10.1. The maximum atomic E-state index is 12.3. The summed E-state index contributed by atoms with van der Waals surface area (Å²) in [6, 6.07) is 18.8. The lowest BCUT2D eigenvalue weighted by molar-refractivity contribution is 0.107. The van der Waals surface area contributed by atoms with Crippen LogP contribution >= 0.6 is 23.2 Å². The predicted molar refractivity (Wildman–Crippen MR) is 110 cm³/mol. The molecule has 0 saturated heterocycles. The number of nitrogens with zero attached hydrogens (tertiary/aromatic N) is 1. The van der Waals surface area contributed by atoms with E-state index in [4.69, 9.17) is 27.9 Å². The average molecular weight is 437 g/mol.